The van der Waals surface area contributed by atoms with Gasteiger partial charge in [-0.05, 0) is 45.0 Å². The third kappa shape index (κ3) is 2.64. The Morgan fingerprint density at radius 2 is 1.69 bits per heavy atom. The maximum atomic E-state index is 12.9. The zero-order chi connectivity index (χ0) is 22.6. The van der Waals surface area contributed by atoms with Gasteiger partial charge in [0.2, 0.25) is 0 Å². The maximum absolute atomic E-state index is 12.9. The summed E-state index contributed by atoms with van der Waals surface area (Å²) in [4.78, 5) is 26.4. The second-order valence-corrected chi connectivity index (χ2v) is 7.96. The minimum atomic E-state index is -1.31. The highest BCUT2D eigenvalue weighted by molar-refractivity contribution is 5.97. The minimum absolute atomic E-state index is 0.0460. The van der Waals surface area contributed by atoms with E-state index in [1.807, 2.05) is 30.3 Å². The monoisotopic (exact) mass is 430 g/mol. The quantitative estimate of drug-likeness (QED) is 0.317. The number of benzene rings is 3. The molecule has 0 fully saturated rings. The number of aryl methyl sites for hydroxylation is 1. The molecule has 5 rings (SSSR count). The highest BCUT2D eigenvalue weighted by atomic mass is 16.6. The Morgan fingerprint density at radius 1 is 0.969 bits per heavy atom. The van der Waals surface area contributed by atoms with Crippen LogP contribution in [0.5, 0.6) is 11.5 Å². The lowest BCUT2D eigenvalue weighted by molar-refractivity contribution is -0.385. The molecule has 2 aliphatic rings. The molecule has 1 spiro atoms. The third-order valence-electron chi connectivity index (χ3n) is 6.34. The smallest absolute Gasteiger partial charge is 0.340 e. The van der Waals surface area contributed by atoms with Crippen molar-refractivity contribution in [2.24, 2.45) is 0 Å². The lowest BCUT2D eigenvalue weighted by atomic mass is 9.77. The molecule has 162 valence electrons. The molecule has 1 unspecified atom stereocenters. The number of anilines is 1. The van der Waals surface area contributed by atoms with Crippen LogP contribution in [0.4, 0.5) is 11.4 Å². The molecule has 7 nitrogen and oxygen atoms in total. The molecular formula is C25H22N2O5. The molecule has 7 heteroatoms. The summed E-state index contributed by atoms with van der Waals surface area (Å²) in [5.74, 6) is 0.553. The van der Waals surface area contributed by atoms with Crippen LogP contribution in [0.15, 0.2) is 54.6 Å². The van der Waals surface area contributed by atoms with Gasteiger partial charge in [0, 0.05) is 47.6 Å². The summed E-state index contributed by atoms with van der Waals surface area (Å²) in [7, 11) is 0. The molecule has 2 aliphatic heterocycles. The van der Waals surface area contributed by atoms with Gasteiger partial charge in [-0.15, -0.1) is 0 Å². The first-order valence-electron chi connectivity index (χ1n) is 10.6. The summed E-state index contributed by atoms with van der Waals surface area (Å²) in [5.41, 5.74) is 2.32. The first kappa shape index (κ1) is 20.1. The molecule has 0 amide bonds. The molecule has 0 aliphatic carbocycles. The standard InChI is InChI=1S/C25H22N2O5/c1-4-26(5-2)16-10-11-19-23(13-16)31-22-12-15(3)21(27(29)30)14-20(22)25(19)18-9-7-6-8-17(18)24(28)32-25/h6-14H,4-5H2,1-3H3. The number of rotatable bonds is 4. The average molecular weight is 430 g/mol. The number of nitro groups is 1. The van der Waals surface area contributed by atoms with Crippen LogP contribution >= 0.6 is 0 Å². The summed E-state index contributed by atoms with van der Waals surface area (Å²) in [5, 5.41) is 11.7. The highest BCUT2D eigenvalue weighted by Gasteiger charge is 2.54. The second kappa shape index (κ2) is 7.09. The Hall–Kier alpha value is -3.87. The molecule has 0 aromatic heterocycles. The van der Waals surface area contributed by atoms with Crippen molar-refractivity contribution in [1.29, 1.82) is 0 Å². The van der Waals surface area contributed by atoms with Crippen LogP contribution in [-0.4, -0.2) is 24.0 Å². The minimum Gasteiger partial charge on any atom is -0.456 e. The van der Waals surface area contributed by atoms with Crippen LogP contribution in [0.2, 0.25) is 0 Å². The van der Waals surface area contributed by atoms with E-state index in [0.29, 0.717) is 39.3 Å². The summed E-state index contributed by atoms with van der Waals surface area (Å²) < 4.78 is 12.4. The predicted molar refractivity (Wildman–Crippen MR) is 120 cm³/mol. The van der Waals surface area contributed by atoms with Gasteiger partial charge in [0.1, 0.15) is 11.5 Å². The highest BCUT2D eigenvalue weighted by Crippen LogP contribution is 2.57. The van der Waals surface area contributed by atoms with Crippen molar-refractivity contribution >= 4 is 17.3 Å². The van der Waals surface area contributed by atoms with Crippen molar-refractivity contribution in [3.63, 3.8) is 0 Å². The summed E-state index contributed by atoms with van der Waals surface area (Å²) >= 11 is 0. The van der Waals surface area contributed by atoms with Crippen LogP contribution in [0.3, 0.4) is 0 Å². The number of ether oxygens (including phenoxy) is 2. The van der Waals surface area contributed by atoms with E-state index in [9.17, 15) is 14.9 Å². The average Bonchev–Trinajstić information content (AvgIpc) is 3.07. The lowest BCUT2D eigenvalue weighted by Crippen LogP contribution is -2.33. The normalized spacial score (nSPS) is 17.8. The number of nitrogens with zero attached hydrogens (tertiary/aromatic N) is 2. The molecule has 2 heterocycles. The molecule has 0 saturated carbocycles. The van der Waals surface area contributed by atoms with E-state index >= 15 is 0 Å². The number of hydrogen-bond acceptors (Lipinski definition) is 6. The maximum Gasteiger partial charge on any atom is 0.340 e. The van der Waals surface area contributed by atoms with E-state index in [1.165, 1.54) is 6.07 Å². The van der Waals surface area contributed by atoms with E-state index in [2.05, 4.69) is 18.7 Å². The molecule has 1 atom stereocenters. The fourth-order valence-electron chi connectivity index (χ4n) is 4.78. The van der Waals surface area contributed by atoms with E-state index in [1.54, 1.807) is 25.1 Å². The molecule has 0 saturated heterocycles. The van der Waals surface area contributed by atoms with Gasteiger partial charge in [0.05, 0.1) is 16.1 Å². The van der Waals surface area contributed by atoms with Gasteiger partial charge in [-0.2, -0.15) is 0 Å². The van der Waals surface area contributed by atoms with Gasteiger partial charge < -0.3 is 14.4 Å². The van der Waals surface area contributed by atoms with Crippen molar-refractivity contribution in [2.75, 3.05) is 18.0 Å². The predicted octanol–water partition coefficient (Wildman–Crippen LogP) is 5.32. The van der Waals surface area contributed by atoms with Gasteiger partial charge in [-0.3, -0.25) is 10.1 Å². The van der Waals surface area contributed by atoms with E-state index in [4.69, 9.17) is 9.47 Å². The van der Waals surface area contributed by atoms with Crippen LogP contribution in [-0.2, 0) is 10.3 Å². The molecule has 0 N–H and O–H groups in total. The van der Waals surface area contributed by atoms with Gasteiger partial charge >= 0.3 is 5.97 Å². The zero-order valence-electron chi connectivity index (χ0n) is 18.0. The van der Waals surface area contributed by atoms with Crippen molar-refractivity contribution < 1.29 is 19.2 Å². The van der Waals surface area contributed by atoms with Crippen LogP contribution in [0.25, 0.3) is 0 Å². The van der Waals surface area contributed by atoms with Crippen LogP contribution in [0, 0.1) is 17.0 Å². The Morgan fingerprint density at radius 3 is 2.41 bits per heavy atom. The molecule has 3 aromatic carbocycles. The van der Waals surface area contributed by atoms with Crippen molar-refractivity contribution in [3.8, 4) is 11.5 Å². The van der Waals surface area contributed by atoms with Gasteiger partial charge in [-0.1, -0.05) is 18.2 Å². The first-order chi connectivity index (χ1) is 15.4. The fraction of sp³-hybridized carbons (Fsp3) is 0.240. The largest absolute Gasteiger partial charge is 0.456 e. The Bertz CT molecular complexity index is 1280. The fourth-order valence-corrected chi connectivity index (χ4v) is 4.78. The number of nitro benzene ring substituents is 1. The number of esters is 1. The van der Waals surface area contributed by atoms with E-state index < -0.39 is 16.5 Å². The molecule has 0 radical (unpaired) electrons. The Labute approximate surface area is 185 Å². The molecule has 0 bridgehead atoms. The second-order valence-electron chi connectivity index (χ2n) is 7.96. The van der Waals surface area contributed by atoms with Crippen molar-refractivity contribution in [1.82, 2.24) is 0 Å². The number of hydrogen-bond donors (Lipinski definition) is 0. The van der Waals surface area contributed by atoms with Crippen LogP contribution in [0.1, 0.15) is 46.5 Å². The Balaban J connectivity index is 1.83. The van der Waals surface area contributed by atoms with E-state index in [0.717, 1.165) is 18.8 Å². The van der Waals surface area contributed by atoms with Crippen molar-refractivity contribution in [2.45, 2.75) is 26.4 Å². The van der Waals surface area contributed by atoms with Gasteiger partial charge in [0.25, 0.3) is 5.69 Å². The van der Waals surface area contributed by atoms with E-state index in [-0.39, 0.29) is 5.69 Å². The van der Waals surface area contributed by atoms with Gasteiger partial charge in [0.15, 0.2) is 5.60 Å². The molecular weight excluding hydrogens is 408 g/mol. The SMILES string of the molecule is CCN(CC)c1ccc2c(c1)Oc1cc(C)c([N+](=O)[O-])cc1C21OC(=O)c2ccccc21. The zero-order valence-corrected chi connectivity index (χ0v) is 18.0. The number of carbonyl (C=O) groups excluding carboxylic acids is 1. The number of carbonyl (C=O) groups is 1. The third-order valence-corrected chi connectivity index (χ3v) is 6.34. The van der Waals surface area contributed by atoms with Crippen LogP contribution < -0.4 is 9.64 Å². The summed E-state index contributed by atoms with van der Waals surface area (Å²) in [6, 6.07) is 16.1. The molecule has 32 heavy (non-hydrogen) atoms. The first-order valence-corrected chi connectivity index (χ1v) is 10.6. The summed E-state index contributed by atoms with van der Waals surface area (Å²) in [6.45, 7) is 7.50. The lowest BCUT2D eigenvalue weighted by Gasteiger charge is -2.37. The number of fused-ring (bicyclic) bond motifs is 6. The Kier molecular flexibility index (Phi) is 4.44. The topological polar surface area (TPSA) is 81.9 Å². The van der Waals surface area contributed by atoms with Crippen molar-refractivity contribution in [3.05, 3.63) is 92.5 Å². The summed E-state index contributed by atoms with van der Waals surface area (Å²) in [6.07, 6.45) is 0. The van der Waals surface area contributed by atoms with Gasteiger partial charge in [-0.25, -0.2) is 4.79 Å². The molecule has 3 aromatic rings.